The van der Waals surface area contributed by atoms with E-state index in [-0.39, 0.29) is 5.92 Å². The fraction of sp³-hybridized carbons (Fsp3) is 0.316. The van der Waals surface area contributed by atoms with Gasteiger partial charge in [0, 0.05) is 12.3 Å². The van der Waals surface area contributed by atoms with Gasteiger partial charge in [-0.3, -0.25) is 4.79 Å². The third-order valence-electron chi connectivity index (χ3n) is 3.82. The number of aryl methyl sites for hydroxylation is 1. The van der Waals surface area contributed by atoms with Gasteiger partial charge in [-0.25, -0.2) is 0 Å². The van der Waals surface area contributed by atoms with Crippen LogP contribution in [0.2, 0.25) is 0 Å². The van der Waals surface area contributed by atoms with Gasteiger partial charge in [-0.1, -0.05) is 49.4 Å². The normalized spacial score (nSPS) is 11.9. The summed E-state index contributed by atoms with van der Waals surface area (Å²) < 4.78 is 5.14. The Kier molecular flexibility index (Phi) is 5.56. The van der Waals surface area contributed by atoms with Gasteiger partial charge in [0.2, 0.25) is 0 Å². The average molecular weight is 282 g/mol. The summed E-state index contributed by atoms with van der Waals surface area (Å²) in [5.41, 5.74) is 2.30. The molecule has 0 saturated heterocycles. The quantitative estimate of drug-likeness (QED) is 0.752. The van der Waals surface area contributed by atoms with Crippen molar-refractivity contribution in [3.05, 3.63) is 65.7 Å². The van der Waals surface area contributed by atoms with E-state index in [0.717, 1.165) is 24.2 Å². The lowest BCUT2D eigenvalue weighted by Crippen LogP contribution is -2.12. The fourth-order valence-corrected chi connectivity index (χ4v) is 2.57. The topological polar surface area (TPSA) is 26.3 Å². The highest BCUT2D eigenvalue weighted by Gasteiger charge is 2.17. The smallest absolute Gasteiger partial charge is 0.140 e. The van der Waals surface area contributed by atoms with Crippen LogP contribution in [-0.4, -0.2) is 12.9 Å². The molecule has 0 fully saturated rings. The molecule has 0 radical (unpaired) electrons. The standard InChI is InChI=1S/C19H22O2/c1-3-18(16-7-5-4-6-8-16)19(20)14-11-15-9-12-17(21-2)13-10-15/h4-10,12-13,18H,3,11,14H2,1-2H3. The van der Waals surface area contributed by atoms with Crippen LogP contribution >= 0.6 is 0 Å². The van der Waals surface area contributed by atoms with Crippen molar-refractivity contribution in [2.75, 3.05) is 7.11 Å². The van der Waals surface area contributed by atoms with Crippen LogP contribution in [0.1, 0.15) is 36.8 Å². The molecular formula is C19H22O2. The lowest BCUT2D eigenvalue weighted by atomic mass is 9.89. The molecule has 0 saturated carbocycles. The Morgan fingerprint density at radius 3 is 2.29 bits per heavy atom. The predicted molar refractivity (Wildman–Crippen MR) is 85.8 cm³/mol. The van der Waals surface area contributed by atoms with Gasteiger partial charge in [-0.05, 0) is 36.1 Å². The van der Waals surface area contributed by atoms with E-state index in [1.54, 1.807) is 7.11 Å². The number of benzene rings is 2. The summed E-state index contributed by atoms with van der Waals surface area (Å²) in [5, 5.41) is 0. The molecule has 0 aliphatic carbocycles. The van der Waals surface area contributed by atoms with Crippen LogP contribution in [0.15, 0.2) is 54.6 Å². The van der Waals surface area contributed by atoms with Gasteiger partial charge < -0.3 is 4.74 Å². The Bertz CT molecular complexity index is 558. The van der Waals surface area contributed by atoms with Gasteiger partial charge in [-0.15, -0.1) is 0 Å². The summed E-state index contributed by atoms with van der Waals surface area (Å²) in [6, 6.07) is 18.0. The summed E-state index contributed by atoms with van der Waals surface area (Å²) in [5.74, 6) is 1.18. The lowest BCUT2D eigenvalue weighted by molar-refractivity contribution is -0.120. The molecule has 0 amide bonds. The molecule has 2 aromatic carbocycles. The number of ketones is 1. The maximum Gasteiger partial charge on any atom is 0.140 e. The molecule has 2 nitrogen and oxygen atoms in total. The zero-order valence-electron chi connectivity index (χ0n) is 12.7. The molecule has 0 aliphatic heterocycles. The maximum absolute atomic E-state index is 12.4. The Morgan fingerprint density at radius 1 is 1.05 bits per heavy atom. The monoisotopic (exact) mass is 282 g/mol. The van der Waals surface area contributed by atoms with Gasteiger partial charge in [0.25, 0.3) is 0 Å². The number of Topliss-reactive ketones (excluding diaryl/α,β-unsaturated/α-hetero) is 1. The minimum absolute atomic E-state index is 0.0180. The number of hydrogen-bond donors (Lipinski definition) is 0. The van der Waals surface area contributed by atoms with Crippen molar-refractivity contribution in [1.29, 1.82) is 0 Å². The van der Waals surface area contributed by atoms with Crippen LogP contribution in [0.25, 0.3) is 0 Å². The molecular weight excluding hydrogens is 260 g/mol. The van der Waals surface area contributed by atoms with Gasteiger partial charge >= 0.3 is 0 Å². The minimum atomic E-state index is 0.0180. The van der Waals surface area contributed by atoms with E-state index in [4.69, 9.17) is 4.74 Å². The second kappa shape index (κ2) is 7.63. The highest BCUT2D eigenvalue weighted by molar-refractivity contribution is 5.85. The molecule has 1 unspecified atom stereocenters. The van der Waals surface area contributed by atoms with E-state index in [9.17, 15) is 4.79 Å². The molecule has 2 heteroatoms. The summed E-state index contributed by atoms with van der Waals surface area (Å²) >= 11 is 0. The van der Waals surface area contributed by atoms with Gasteiger partial charge in [-0.2, -0.15) is 0 Å². The summed E-state index contributed by atoms with van der Waals surface area (Å²) in [6.45, 7) is 2.07. The van der Waals surface area contributed by atoms with Crippen LogP contribution in [0.3, 0.4) is 0 Å². The van der Waals surface area contributed by atoms with E-state index in [2.05, 4.69) is 6.92 Å². The number of methoxy groups -OCH3 is 1. The van der Waals surface area contributed by atoms with E-state index < -0.39 is 0 Å². The van der Waals surface area contributed by atoms with Gasteiger partial charge in [0.05, 0.1) is 7.11 Å². The molecule has 0 spiro atoms. The Balaban J connectivity index is 1.96. The third-order valence-corrected chi connectivity index (χ3v) is 3.82. The van der Waals surface area contributed by atoms with Gasteiger partial charge in [0.1, 0.15) is 11.5 Å². The largest absolute Gasteiger partial charge is 0.497 e. The van der Waals surface area contributed by atoms with Crippen molar-refractivity contribution in [3.63, 3.8) is 0 Å². The molecule has 0 heterocycles. The molecule has 110 valence electrons. The van der Waals surface area contributed by atoms with Crippen LogP contribution < -0.4 is 4.74 Å². The van der Waals surface area contributed by atoms with Crippen molar-refractivity contribution >= 4 is 5.78 Å². The molecule has 0 aromatic heterocycles. The van der Waals surface area contributed by atoms with E-state index in [0.29, 0.717) is 12.2 Å². The molecule has 21 heavy (non-hydrogen) atoms. The number of carbonyl (C=O) groups excluding carboxylic acids is 1. The molecule has 2 aromatic rings. The van der Waals surface area contributed by atoms with Crippen LogP contribution in [0.4, 0.5) is 0 Å². The van der Waals surface area contributed by atoms with Crippen LogP contribution in [-0.2, 0) is 11.2 Å². The average Bonchev–Trinajstić information content (AvgIpc) is 2.55. The first kappa shape index (κ1) is 15.3. The van der Waals surface area contributed by atoms with Crippen molar-refractivity contribution in [2.45, 2.75) is 32.1 Å². The lowest BCUT2D eigenvalue weighted by Gasteiger charge is -2.14. The third kappa shape index (κ3) is 4.19. The molecule has 0 bridgehead atoms. The first-order valence-corrected chi connectivity index (χ1v) is 7.45. The highest BCUT2D eigenvalue weighted by Crippen LogP contribution is 2.23. The highest BCUT2D eigenvalue weighted by atomic mass is 16.5. The summed E-state index contributed by atoms with van der Waals surface area (Å²) in [7, 11) is 1.66. The predicted octanol–water partition coefficient (Wildman–Crippen LogP) is 4.39. The minimum Gasteiger partial charge on any atom is -0.497 e. The second-order valence-corrected chi connectivity index (χ2v) is 5.19. The van der Waals surface area contributed by atoms with Crippen LogP contribution in [0.5, 0.6) is 5.75 Å². The molecule has 0 N–H and O–H groups in total. The van der Waals surface area contributed by atoms with Crippen molar-refractivity contribution in [2.24, 2.45) is 0 Å². The second-order valence-electron chi connectivity index (χ2n) is 5.19. The Labute approximate surface area is 126 Å². The van der Waals surface area contributed by atoms with Crippen molar-refractivity contribution in [1.82, 2.24) is 0 Å². The zero-order chi connectivity index (χ0) is 15.1. The number of hydrogen-bond acceptors (Lipinski definition) is 2. The Hall–Kier alpha value is -2.09. The van der Waals surface area contributed by atoms with Gasteiger partial charge in [0.15, 0.2) is 0 Å². The van der Waals surface area contributed by atoms with E-state index >= 15 is 0 Å². The fourth-order valence-electron chi connectivity index (χ4n) is 2.57. The molecule has 2 rings (SSSR count). The Morgan fingerprint density at radius 2 is 1.71 bits per heavy atom. The van der Waals surface area contributed by atoms with Crippen LogP contribution in [0, 0.1) is 0 Å². The maximum atomic E-state index is 12.4. The first-order valence-electron chi connectivity index (χ1n) is 7.45. The van der Waals surface area contributed by atoms with Crippen molar-refractivity contribution < 1.29 is 9.53 Å². The van der Waals surface area contributed by atoms with Crippen molar-refractivity contribution in [3.8, 4) is 5.75 Å². The first-order chi connectivity index (χ1) is 10.2. The number of rotatable bonds is 7. The number of ether oxygens (including phenoxy) is 1. The summed E-state index contributed by atoms with van der Waals surface area (Å²) in [4.78, 5) is 12.4. The van der Waals surface area contributed by atoms with E-state index in [1.807, 2.05) is 54.6 Å². The molecule has 1 atom stereocenters. The SMILES string of the molecule is CCC(C(=O)CCc1ccc(OC)cc1)c1ccccc1. The van der Waals surface area contributed by atoms with E-state index in [1.165, 1.54) is 5.56 Å². The zero-order valence-corrected chi connectivity index (χ0v) is 12.7. The summed E-state index contributed by atoms with van der Waals surface area (Å²) in [6.07, 6.45) is 2.22. The molecule has 0 aliphatic rings. The number of carbonyl (C=O) groups is 1.